The predicted molar refractivity (Wildman–Crippen MR) is 71.0 cm³/mol. The molecule has 1 rings (SSSR count). The summed E-state index contributed by atoms with van der Waals surface area (Å²) >= 11 is 0. The fourth-order valence-corrected chi connectivity index (χ4v) is 2.43. The van der Waals surface area contributed by atoms with Crippen LogP contribution in [0.3, 0.4) is 0 Å². The number of hydrogen-bond acceptors (Lipinski definition) is 3. The highest BCUT2D eigenvalue weighted by atomic mass is 16.5. The van der Waals surface area contributed by atoms with Gasteiger partial charge in [-0.1, -0.05) is 6.92 Å². The van der Waals surface area contributed by atoms with Crippen molar-refractivity contribution in [2.75, 3.05) is 20.3 Å². The summed E-state index contributed by atoms with van der Waals surface area (Å²) in [7, 11) is 1.51. The van der Waals surface area contributed by atoms with E-state index in [0.29, 0.717) is 19.1 Å². The average Bonchev–Trinajstić information content (AvgIpc) is 2.33. The molecule has 6 heteroatoms. The van der Waals surface area contributed by atoms with Gasteiger partial charge in [-0.2, -0.15) is 0 Å². The van der Waals surface area contributed by atoms with Gasteiger partial charge in [0, 0.05) is 32.7 Å². The van der Waals surface area contributed by atoms with Crippen molar-refractivity contribution in [3.8, 4) is 0 Å². The third-order valence-electron chi connectivity index (χ3n) is 3.61. The SMILES string of the molecule is COCCC(NC(=O)N1CCC(C)CC1C)C(=O)O. The standard InChI is InChI=1S/C13H24N2O4/c1-9-4-6-15(10(2)8-9)13(18)14-11(12(16)17)5-7-19-3/h9-11H,4-8H2,1-3H3,(H,14,18)(H,16,17). The van der Waals surface area contributed by atoms with Crippen LogP contribution in [0, 0.1) is 5.92 Å². The Labute approximate surface area is 114 Å². The minimum atomic E-state index is -1.02. The zero-order chi connectivity index (χ0) is 14.4. The van der Waals surface area contributed by atoms with Gasteiger partial charge in [-0.05, 0) is 25.7 Å². The number of aliphatic carboxylic acids is 1. The number of nitrogens with one attached hydrogen (secondary N) is 1. The molecule has 110 valence electrons. The van der Waals surface area contributed by atoms with Crippen molar-refractivity contribution in [3.63, 3.8) is 0 Å². The Morgan fingerprint density at radius 2 is 2.16 bits per heavy atom. The molecule has 3 unspecified atom stereocenters. The molecule has 2 amide bonds. The van der Waals surface area contributed by atoms with Crippen LogP contribution in [0.15, 0.2) is 0 Å². The number of amides is 2. The van der Waals surface area contributed by atoms with E-state index in [1.807, 2.05) is 6.92 Å². The Balaban J connectivity index is 2.53. The molecule has 6 nitrogen and oxygen atoms in total. The molecule has 0 aromatic heterocycles. The predicted octanol–water partition coefficient (Wildman–Crippen LogP) is 1.31. The molecule has 0 aliphatic carbocycles. The third kappa shape index (κ3) is 4.70. The Hall–Kier alpha value is -1.30. The molecule has 0 spiro atoms. The number of carbonyl (C=O) groups excluding carboxylic acids is 1. The van der Waals surface area contributed by atoms with Gasteiger partial charge in [-0.25, -0.2) is 9.59 Å². The van der Waals surface area contributed by atoms with Crippen molar-refractivity contribution < 1.29 is 19.4 Å². The second kappa shape index (κ2) is 7.33. The molecule has 1 heterocycles. The van der Waals surface area contributed by atoms with Gasteiger partial charge >= 0.3 is 12.0 Å². The number of nitrogens with zero attached hydrogens (tertiary/aromatic N) is 1. The molecule has 2 N–H and O–H groups in total. The van der Waals surface area contributed by atoms with Gasteiger partial charge in [0.2, 0.25) is 0 Å². The van der Waals surface area contributed by atoms with Crippen LogP contribution < -0.4 is 5.32 Å². The lowest BCUT2D eigenvalue weighted by Crippen LogP contribution is -2.53. The summed E-state index contributed by atoms with van der Waals surface area (Å²) in [5.74, 6) is -0.411. The second-order valence-electron chi connectivity index (χ2n) is 5.29. The first-order valence-electron chi connectivity index (χ1n) is 6.74. The molecule has 1 saturated heterocycles. The number of methoxy groups -OCH3 is 1. The lowest BCUT2D eigenvalue weighted by molar-refractivity contribution is -0.139. The number of rotatable bonds is 5. The van der Waals surface area contributed by atoms with Crippen molar-refractivity contribution in [1.82, 2.24) is 10.2 Å². The van der Waals surface area contributed by atoms with E-state index in [-0.39, 0.29) is 18.5 Å². The number of carboxylic acids is 1. The lowest BCUT2D eigenvalue weighted by atomic mass is 9.94. The molecular weight excluding hydrogens is 248 g/mol. The Morgan fingerprint density at radius 3 is 2.68 bits per heavy atom. The van der Waals surface area contributed by atoms with Crippen LogP contribution in [-0.4, -0.2) is 54.4 Å². The summed E-state index contributed by atoms with van der Waals surface area (Å²) in [4.78, 5) is 24.9. The summed E-state index contributed by atoms with van der Waals surface area (Å²) in [6.45, 7) is 5.17. The van der Waals surface area contributed by atoms with Crippen LogP contribution in [0.5, 0.6) is 0 Å². The van der Waals surface area contributed by atoms with Crippen molar-refractivity contribution in [1.29, 1.82) is 0 Å². The maximum absolute atomic E-state index is 12.1. The molecule has 1 fully saturated rings. The van der Waals surface area contributed by atoms with E-state index in [4.69, 9.17) is 9.84 Å². The number of piperidine rings is 1. The first-order chi connectivity index (χ1) is 8.95. The van der Waals surface area contributed by atoms with Gasteiger partial charge < -0.3 is 20.1 Å². The zero-order valence-corrected chi connectivity index (χ0v) is 11.9. The maximum atomic E-state index is 12.1. The van der Waals surface area contributed by atoms with Gasteiger partial charge in [-0.3, -0.25) is 0 Å². The highest BCUT2D eigenvalue weighted by Crippen LogP contribution is 2.22. The van der Waals surface area contributed by atoms with Crippen LogP contribution in [0.4, 0.5) is 4.79 Å². The van der Waals surface area contributed by atoms with Gasteiger partial charge in [0.1, 0.15) is 6.04 Å². The summed E-state index contributed by atoms with van der Waals surface area (Å²) in [6, 6.07) is -1.03. The summed E-state index contributed by atoms with van der Waals surface area (Å²) in [5, 5.41) is 11.6. The fraction of sp³-hybridized carbons (Fsp3) is 0.846. The van der Waals surface area contributed by atoms with Crippen LogP contribution in [0.25, 0.3) is 0 Å². The van der Waals surface area contributed by atoms with E-state index in [1.165, 1.54) is 7.11 Å². The lowest BCUT2D eigenvalue weighted by Gasteiger charge is -2.37. The van der Waals surface area contributed by atoms with E-state index in [2.05, 4.69) is 12.2 Å². The molecule has 0 aromatic rings. The molecule has 0 bridgehead atoms. The van der Waals surface area contributed by atoms with Crippen LogP contribution >= 0.6 is 0 Å². The van der Waals surface area contributed by atoms with Crippen LogP contribution in [-0.2, 0) is 9.53 Å². The number of likely N-dealkylation sites (tertiary alicyclic amines) is 1. The molecule has 0 aromatic carbocycles. The van der Waals surface area contributed by atoms with Crippen molar-refractivity contribution in [2.24, 2.45) is 5.92 Å². The van der Waals surface area contributed by atoms with E-state index < -0.39 is 12.0 Å². The molecular formula is C13H24N2O4. The smallest absolute Gasteiger partial charge is 0.326 e. The first kappa shape index (κ1) is 15.8. The van der Waals surface area contributed by atoms with Crippen molar-refractivity contribution in [3.05, 3.63) is 0 Å². The van der Waals surface area contributed by atoms with E-state index in [1.54, 1.807) is 4.90 Å². The number of carbonyl (C=O) groups is 2. The molecule has 3 atom stereocenters. The third-order valence-corrected chi connectivity index (χ3v) is 3.61. The highest BCUT2D eigenvalue weighted by molar-refractivity contribution is 5.82. The molecule has 1 aliphatic heterocycles. The zero-order valence-electron chi connectivity index (χ0n) is 11.9. The minimum absolute atomic E-state index is 0.153. The maximum Gasteiger partial charge on any atom is 0.326 e. The fourth-order valence-electron chi connectivity index (χ4n) is 2.43. The van der Waals surface area contributed by atoms with Crippen LogP contribution in [0.2, 0.25) is 0 Å². The molecule has 19 heavy (non-hydrogen) atoms. The topological polar surface area (TPSA) is 78.9 Å². The molecule has 0 saturated carbocycles. The minimum Gasteiger partial charge on any atom is -0.480 e. The summed E-state index contributed by atoms with van der Waals surface area (Å²) < 4.78 is 4.86. The quantitative estimate of drug-likeness (QED) is 0.791. The highest BCUT2D eigenvalue weighted by Gasteiger charge is 2.29. The number of urea groups is 1. The number of carboxylic acid groups (broad SMARTS) is 1. The Morgan fingerprint density at radius 1 is 1.47 bits per heavy atom. The monoisotopic (exact) mass is 272 g/mol. The van der Waals surface area contributed by atoms with Gasteiger partial charge in [0.15, 0.2) is 0 Å². The summed E-state index contributed by atoms with van der Waals surface area (Å²) in [6.07, 6.45) is 2.20. The van der Waals surface area contributed by atoms with E-state index in [9.17, 15) is 9.59 Å². The van der Waals surface area contributed by atoms with Gasteiger partial charge in [0.25, 0.3) is 0 Å². The average molecular weight is 272 g/mol. The van der Waals surface area contributed by atoms with Gasteiger partial charge in [0.05, 0.1) is 0 Å². The summed E-state index contributed by atoms with van der Waals surface area (Å²) in [5.41, 5.74) is 0. The van der Waals surface area contributed by atoms with E-state index >= 15 is 0 Å². The van der Waals surface area contributed by atoms with Gasteiger partial charge in [-0.15, -0.1) is 0 Å². The molecule has 1 aliphatic rings. The van der Waals surface area contributed by atoms with Crippen LogP contribution in [0.1, 0.15) is 33.1 Å². The largest absolute Gasteiger partial charge is 0.480 e. The van der Waals surface area contributed by atoms with E-state index in [0.717, 1.165) is 12.8 Å². The van der Waals surface area contributed by atoms with Crippen molar-refractivity contribution in [2.45, 2.75) is 45.2 Å². The number of hydrogen-bond donors (Lipinski definition) is 2. The normalized spacial score (nSPS) is 24.9. The Bertz CT molecular complexity index is 322. The van der Waals surface area contributed by atoms with Crippen molar-refractivity contribution >= 4 is 12.0 Å². The first-order valence-corrected chi connectivity index (χ1v) is 6.74. The number of ether oxygens (including phenoxy) is 1. The molecule has 0 radical (unpaired) electrons. The Kier molecular flexibility index (Phi) is 6.08. The second-order valence-corrected chi connectivity index (χ2v) is 5.29.